The molecule has 27 heavy (non-hydrogen) atoms. The lowest BCUT2D eigenvalue weighted by Gasteiger charge is -2.22. The van der Waals surface area contributed by atoms with Crippen molar-refractivity contribution in [3.63, 3.8) is 0 Å². The van der Waals surface area contributed by atoms with E-state index in [1.165, 1.54) is 10.1 Å². The first kappa shape index (κ1) is 19.3. The second-order valence-corrected chi connectivity index (χ2v) is 7.12. The van der Waals surface area contributed by atoms with Crippen LogP contribution in [-0.4, -0.2) is 62.6 Å². The third-order valence-electron chi connectivity index (χ3n) is 4.83. The number of hydrogen-bond acceptors (Lipinski definition) is 5. The number of aromatic nitrogens is 2. The van der Waals surface area contributed by atoms with Gasteiger partial charge in [0.2, 0.25) is 5.91 Å². The predicted octanol–water partition coefficient (Wildman–Crippen LogP) is 0.565. The standard InChI is InChI=1S/C20H26N4O3/c1-15-10-16(2)24(20(27)21-15)14-19(26)23-9-8-22(12-18(25)13-23)11-17-6-4-3-5-7-17/h3-7,10,18,25H,8-9,11-14H2,1-2H3. The van der Waals surface area contributed by atoms with E-state index in [0.717, 1.165) is 6.54 Å². The van der Waals surface area contributed by atoms with Crippen LogP contribution in [0.25, 0.3) is 0 Å². The van der Waals surface area contributed by atoms with Gasteiger partial charge in [0, 0.05) is 44.1 Å². The molecule has 1 amide bonds. The monoisotopic (exact) mass is 370 g/mol. The lowest BCUT2D eigenvalue weighted by atomic mass is 10.2. The topological polar surface area (TPSA) is 78.7 Å². The number of aliphatic hydroxyl groups excluding tert-OH is 1. The van der Waals surface area contributed by atoms with Gasteiger partial charge in [-0.1, -0.05) is 30.3 Å². The van der Waals surface area contributed by atoms with Crippen LogP contribution in [0.4, 0.5) is 0 Å². The summed E-state index contributed by atoms with van der Waals surface area (Å²) >= 11 is 0. The van der Waals surface area contributed by atoms with Crippen molar-refractivity contribution in [1.82, 2.24) is 19.4 Å². The number of rotatable bonds is 4. The minimum atomic E-state index is -0.617. The molecule has 0 saturated carbocycles. The molecule has 7 heteroatoms. The Kier molecular flexibility index (Phi) is 6.03. The second kappa shape index (κ2) is 8.45. The first-order valence-electron chi connectivity index (χ1n) is 9.19. The van der Waals surface area contributed by atoms with Crippen LogP contribution in [0.15, 0.2) is 41.2 Å². The average Bonchev–Trinajstić information content (AvgIpc) is 2.80. The Labute approximate surface area is 158 Å². The molecule has 0 radical (unpaired) electrons. The summed E-state index contributed by atoms with van der Waals surface area (Å²) in [6.07, 6.45) is -0.617. The fraction of sp³-hybridized carbons (Fsp3) is 0.450. The molecule has 1 aromatic heterocycles. The van der Waals surface area contributed by atoms with Gasteiger partial charge in [-0.15, -0.1) is 0 Å². The average molecular weight is 370 g/mol. The number of benzene rings is 1. The summed E-state index contributed by atoms with van der Waals surface area (Å²) in [5.41, 5.74) is 2.11. The zero-order chi connectivity index (χ0) is 19.4. The molecular weight excluding hydrogens is 344 g/mol. The van der Waals surface area contributed by atoms with Gasteiger partial charge >= 0.3 is 5.69 Å². The minimum absolute atomic E-state index is 0.0522. The van der Waals surface area contributed by atoms with Gasteiger partial charge in [-0.25, -0.2) is 4.79 Å². The maximum Gasteiger partial charge on any atom is 0.348 e. The van der Waals surface area contributed by atoms with Crippen molar-refractivity contribution >= 4 is 5.91 Å². The normalized spacial score (nSPS) is 18.3. The van der Waals surface area contributed by atoms with Crippen LogP contribution >= 0.6 is 0 Å². The summed E-state index contributed by atoms with van der Waals surface area (Å²) in [7, 11) is 0. The van der Waals surface area contributed by atoms with Crippen LogP contribution in [0.5, 0.6) is 0 Å². The number of amides is 1. The van der Waals surface area contributed by atoms with Gasteiger partial charge in [-0.2, -0.15) is 4.98 Å². The van der Waals surface area contributed by atoms with E-state index in [-0.39, 0.29) is 19.0 Å². The zero-order valence-electron chi connectivity index (χ0n) is 15.8. The Bertz CT molecular complexity index is 850. The van der Waals surface area contributed by atoms with Gasteiger partial charge in [0.1, 0.15) is 6.54 Å². The quantitative estimate of drug-likeness (QED) is 0.851. The highest BCUT2D eigenvalue weighted by Crippen LogP contribution is 2.10. The minimum Gasteiger partial charge on any atom is -0.390 e. The van der Waals surface area contributed by atoms with E-state index in [1.807, 2.05) is 18.2 Å². The first-order chi connectivity index (χ1) is 12.9. The summed E-state index contributed by atoms with van der Waals surface area (Å²) in [6, 6.07) is 11.9. The maximum atomic E-state index is 12.7. The van der Waals surface area contributed by atoms with E-state index in [0.29, 0.717) is 31.0 Å². The fourth-order valence-corrected chi connectivity index (χ4v) is 3.47. The number of aliphatic hydroxyl groups is 1. The molecule has 1 fully saturated rings. The van der Waals surface area contributed by atoms with Crippen molar-refractivity contribution in [3.8, 4) is 0 Å². The Balaban J connectivity index is 1.65. The largest absolute Gasteiger partial charge is 0.390 e. The van der Waals surface area contributed by atoms with E-state index in [2.05, 4.69) is 22.0 Å². The highest BCUT2D eigenvalue weighted by atomic mass is 16.3. The van der Waals surface area contributed by atoms with Crippen LogP contribution in [0.3, 0.4) is 0 Å². The highest BCUT2D eigenvalue weighted by Gasteiger charge is 2.25. The molecule has 1 aromatic carbocycles. The van der Waals surface area contributed by atoms with E-state index >= 15 is 0 Å². The number of carbonyl (C=O) groups excluding carboxylic acids is 1. The summed E-state index contributed by atoms with van der Waals surface area (Å²) in [5.74, 6) is -0.175. The molecule has 1 aliphatic heterocycles. The van der Waals surface area contributed by atoms with E-state index in [9.17, 15) is 14.7 Å². The van der Waals surface area contributed by atoms with E-state index in [4.69, 9.17) is 0 Å². The van der Waals surface area contributed by atoms with Crippen molar-refractivity contribution < 1.29 is 9.90 Å². The molecule has 1 unspecified atom stereocenters. The third-order valence-corrected chi connectivity index (χ3v) is 4.83. The smallest absolute Gasteiger partial charge is 0.348 e. The molecule has 1 saturated heterocycles. The molecule has 0 spiro atoms. The van der Waals surface area contributed by atoms with E-state index in [1.54, 1.807) is 24.8 Å². The van der Waals surface area contributed by atoms with Crippen molar-refractivity contribution in [3.05, 3.63) is 63.8 Å². The molecule has 0 aliphatic carbocycles. The van der Waals surface area contributed by atoms with Crippen LogP contribution in [0.1, 0.15) is 17.0 Å². The van der Waals surface area contributed by atoms with Crippen molar-refractivity contribution in [1.29, 1.82) is 0 Å². The molecule has 144 valence electrons. The van der Waals surface area contributed by atoms with E-state index < -0.39 is 11.8 Å². The van der Waals surface area contributed by atoms with Crippen LogP contribution in [-0.2, 0) is 17.9 Å². The lowest BCUT2D eigenvalue weighted by molar-refractivity contribution is -0.132. The summed E-state index contributed by atoms with van der Waals surface area (Å²) in [4.78, 5) is 32.5. The molecule has 7 nitrogen and oxygen atoms in total. The molecule has 1 aliphatic rings. The Hall–Kier alpha value is -2.51. The summed E-state index contributed by atoms with van der Waals surface area (Å²) < 4.78 is 1.38. The predicted molar refractivity (Wildman–Crippen MR) is 102 cm³/mol. The number of carbonyl (C=O) groups is 1. The van der Waals surface area contributed by atoms with Crippen molar-refractivity contribution in [2.75, 3.05) is 26.2 Å². The summed E-state index contributed by atoms with van der Waals surface area (Å²) in [5, 5.41) is 10.4. The highest BCUT2D eigenvalue weighted by molar-refractivity contribution is 5.76. The Morgan fingerprint density at radius 3 is 2.63 bits per heavy atom. The molecular formula is C20H26N4O3. The third kappa shape index (κ3) is 5.02. The van der Waals surface area contributed by atoms with Crippen LogP contribution in [0.2, 0.25) is 0 Å². The molecule has 1 atom stereocenters. The first-order valence-corrected chi connectivity index (χ1v) is 9.19. The van der Waals surface area contributed by atoms with Gasteiger partial charge in [0.25, 0.3) is 0 Å². The SMILES string of the molecule is Cc1cc(C)n(CC(=O)N2CCN(Cc3ccccc3)CC(O)C2)c(=O)n1. The van der Waals surface area contributed by atoms with Gasteiger partial charge in [0.05, 0.1) is 6.10 Å². The van der Waals surface area contributed by atoms with Gasteiger partial charge < -0.3 is 10.0 Å². The maximum absolute atomic E-state index is 12.7. The number of aryl methyl sites for hydroxylation is 2. The van der Waals surface area contributed by atoms with Crippen molar-refractivity contribution in [2.45, 2.75) is 33.0 Å². The Morgan fingerprint density at radius 2 is 1.93 bits per heavy atom. The Morgan fingerprint density at radius 1 is 1.19 bits per heavy atom. The molecule has 2 aromatic rings. The number of hydrogen-bond donors (Lipinski definition) is 1. The molecule has 1 N–H and O–H groups in total. The second-order valence-electron chi connectivity index (χ2n) is 7.12. The van der Waals surface area contributed by atoms with Crippen LogP contribution < -0.4 is 5.69 Å². The van der Waals surface area contributed by atoms with Crippen molar-refractivity contribution in [2.24, 2.45) is 0 Å². The van der Waals surface area contributed by atoms with Gasteiger partial charge in [-0.3, -0.25) is 14.3 Å². The number of nitrogens with zero attached hydrogens (tertiary/aromatic N) is 4. The van der Waals surface area contributed by atoms with Gasteiger partial charge in [-0.05, 0) is 25.5 Å². The lowest BCUT2D eigenvalue weighted by Crippen LogP contribution is -2.41. The molecule has 2 heterocycles. The fourth-order valence-electron chi connectivity index (χ4n) is 3.47. The molecule has 0 bridgehead atoms. The number of β-amino-alcohol motifs (C(OH)–C–C–N with tert-alkyl or cyclic N) is 1. The summed E-state index contributed by atoms with van der Waals surface area (Å²) in [6.45, 7) is 6.23. The zero-order valence-corrected chi connectivity index (χ0v) is 15.8. The molecule has 3 rings (SSSR count). The van der Waals surface area contributed by atoms with Crippen LogP contribution in [0, 0.1) is 13.8 Å². The van der Waals surface area contributed by atoms with Gasteiger partial charge in [0.15, 0.2) is 0 Å².